The van der Waals surface area contributed by atoms with Crippen molar-refractivity contribution in [2.24, 2.45) is 5.92 Å². The minimum absolute atomic E-state index is 0.0390. The Morgan fingerprint density at radius 2 is 1.83 bits per heavy atom. The van der Waals surface area contributed by atoms with Crippen molar-refractivity contribution in [2.45, 2.75) is 53.1 Å². The molecular formula is C18H30N2O3. The minimum Gasteiger partial charge on any atom is -0.506 e. The van der Waals surface area contributed by atoms with Crippen LogP contribution in [0.1, 0.15) is 47.5 Å². The molecule has 0 aliphatic carbocycles. The highest BCUT2D eigenvalue weighted by Gasteiger charge is 2.29. The first kappa shape index (κ1) is 19.1. The maximum Gasteiger partial charge on any atom is 0.309 e. The molecule has 0 unspecified atom stereocenters. The Morgan fingerprint density at radius 3 is 2.30 bits per heavy atom. The Morgan fingerprint density at radius 1 is 1.26 bits per heavy atom. The van der Waals surface area contributed by atoms with Crippen LogP contribution in [0.2, 0.25) is 0 Å². The summed E-state index contributed by atoms with van der Waals surface area (Å²) in [6, 6.07) is 5.26. The summed E-state index contributed by atoms with van der Waals surface area (Å²) in [5.74, 6) is -0.0491. The number of piperidine rings is 1. The molecule has 5 heteroatoms. The van der Waals surface area contributed by atoms with E-state index >= 15 is 0 Å². The number of phenolic OH excluding ortho intramolecular Hbond substituents is 1. The van der Waals surface area contributed by atoms with Gasteiger partial charge in [0.05, 0.1) is 11.6 Å². The van der Waals surface area contributed by atoms with Crippen LogP contribution in [-0.2, 0) is 9.53 Å². The predicted molar refractivity (Wildman–Crippen MR) is 94.6 cm³/mol. The first-order valence-corrected chi connectivity index (χ1v) is 8.32. The van der Waals surface area contributed by atoms with Gasteiger partial charge in [-0.15, -0.1) is 0 Å². The van der Waals surface area contributed by atoms with Gasteiger partial charge in [-0.05, 0) is 45.7 Å². The second-order valence-corrected chi connectivity index (χ2v) is 6.54. The average Bonchev–Trinajstić information content (AvgIpc) is 2.50. The topological polar surface area (TPSA) is 75.8 Å². The molecule has 5 nitrogen and oxygen atoms in total. The van der Waals surface area contributed by atoms with Gasteiger partial charge in [0.1, 0.15) is 11.4 Å². The van der Waals surface area contributed by atoms with E-state index in [1.165, 1.54) is 0 Å². The lowest BCUT2D eigenvalue weighted by Crippen LogP contribution is -2.38. The molecule has 3 N–H and O–H groups in total. The number of rotatable bonds is 2. The molecule has 0 radical (unpaired) electrons. The smallest absolute Gasteiger partial charge is 0.309 e. The number of nitrogens with two attached hydrogens (primary N) is 1. The molecule has 0 saturated carbocycles. The van der Waals surface area contributed by atoms with Crippen LogP contribution < -0.4 is 10.6 Å². The Labute approximate surface area is 139 Å². The quantitative estimate of drug-likeness (QED) is 0.495. The zero-order valence-corrected chi connectivity index (χ0v) is 14.9. The van der Waals surface area contributed by atoms with Crippen LogP contribution in [0.25, 0.3) is 0 Å². The van der Waals surface area contributed by atoms with E-state index in [0.717, 1.165) is 31.6 Å². The van der Waals surface area contributed by atoms with Gasteiger partial charge < -0.3 is 20.5 Å². The van der Waals surface area contributed by atoms with Crippen molar-refractivity contribution in [3.8, 4) is 5.75 Å². The number of phenols is 1. The molecule has 1 aliphatic heterocycles. The van der Waals surface area contributed by atoms with E-state index in [-0.39, 0.29) is 17.6 Å². The van der Waals surface area contributed by atoms with Crippen molar-refractivity contribution in [2.75, 3.05) is 23.7 Å². The number of carbonyl (C=O) groups is 1. The monoisotopic (exact) mass is 322 g/mol. The number of esters is 1. The van der Waals surface area contributed by atoms with Crippen molar-refractivity contribution in [3.63, 3.8) is 0 Å². The van der Waals surface area contributed by atoms with Crippen LogP contribution in [0, 0.1) is 5.92 Å². The third-order valence-electron chi connectivity index (χ3n) is 3.61. The summed E-state index contributed by atoms with van der Waals surface area (Å²) in [7, 11) is 0. The predicted octanol–water partition coefficient (Wildman–Crippen LogP) is 3.56. The highest BCUT2D eigenvalue weighted by Crippen LogP contribution is 2.30. The van der Waals surface area contributed by atoms with Gasteiger partial charge in [-0.3, -0.25) is 4.79 Å². The molecule has 1 heterocycles. The lowest BCUT2D eigenvalue weighted by atomic mass is 9.96. The molecule has 0 amide bonds. The van der Waals surface area contributed by atoms with Gasteiger partial charge in [0.15, 0.2) is 0 Å². The van der Waals surface area contributed by atoms with E-state index in [9.17, 15) is 9.90 Å². The average molecular weight is 322 g/mol. The van der Waals surface area contributed by atoms with Crippen LogP contribution >= 0.6 is 0 Å². The highest BCUT2D eigenvalue weighted by atomic mass is 16.6. The molecule has 1 fully saturated rings. The van der Waals surface area contributed by atoms with Crippen molar-refractivity contribution >= 4 is 17.3 Å². The Balaban J connectivity index is 0.00000127. The fraction of sp³-hybridized carbons (Fsp3) is 0.611. The highest BCUT2D eigenvalue weighted by molar-refractivity contribution is 5.73. The van der Waals surface area contributed by atoms with Crippen molar-refractivity contribution in [3.05, 3.63) is 18.2 Å². The number of nitrogens with zero attached hydrogens (tertiary/aromatic N) is 1. The van der Waals surface area contributed by atoms with Crippen LogP contribution in [-0.4, -0.2) is 29.8 Å². The molecule has 130 valence electrons. The maximum absolute atomic E-state index is 12.1. The van der Waals surface area contributed by atoms with Crippen LogP contribution in [0.15, 0.2) is 18.2 Å². The van der Waals surface area contributed by atoms with E-state index in [1.807, 2.05) is 40.7 Å². The minimum atomic E-state index is -0.434. The third kappa shape index (κ3) is 5.66. The van der Waals surface area contributed by atoms with Gasteiger partial charge in [-0.2, -0.15) is 0 Å². The molecule has 1 aromatic rings. The summed E-state index contributed by atoms with van der Waals surface area (Å²) in [5, 5.41) is 9.67. The molecule has 0 spiro atoms. The molecule has 0 bridgehead atoms. The summed E-state index contributed by atoms with van der Waals surface area (Å²) in [6.45, 7) is 11.2. The van der Waals surface area contributed by atoms with E-state index in [4.69, 9.17) is 10.5 Å². The Hall–Kier alpha value is -1.91. The first-order valence-electron chi connectivity index (χ1n) is 8.32. The van der Waals surface area contributed by atoms with Crippen LogP contribution in [0.3, 0.4) is 0 Å². The van der Waals surface area contributed by atoms with Gasteiger partial charge in [0.2, 0.25) is 0 Å². The largest absolute Gasteiger partial charge is 0.506 e. The second kappa shape index (κ2) is 8.09. The molecule has 1 aliphatic rings. The summed E-state index contributed by atoms with van der Waals surface area (Å²) in [6.07, 6.45) is 1.53. The van der Waals surface area contributed by atoms with E-state index in [2.05, 4.69) is 4.90 Å². The number of ether oxygens (including phenoxy) is 1. The Bertz CT molecular complexity index is 515. The van der Waals surface area contributed by atoms with Crippen molar-refractivity contribution in [1.82, 2.24) is 0 Å². The first-order chi connectivity index (χ1) is 10.8. The van der Waals surface area contributed by atoms with Crippen LogP contribution in [0.5, 0.6) is 5.75 Å². The summed E-state index contributed by atoms with van der Waals surface area (Å²) in [5.41, 5.74) is 6.49. The molecule has 1 aromatic carbocycles. The number of hydrogen-bond acceptors (Lipinski definition) is 5. The lowest BCUT2D eigenvalue weighted by molar-refractivity contribution is -0.160. The standard InChI is InChI=1S/C16H24N2O3.C2H6/c1-16(2,3)21-15(20)11-6-8-18(9-7-11)12-4-5-13(17)14(19)10-12;1-2/h4-5,10-11,19H,6-9,17H2,1-3H3;1-2H3. The third-order valence-corrected chi connectivity index (χ3v) is 3.61. The van der Waals surface area contributed by atoms with Crippen molar-refractivity contribution in [1.29, 1.82) is 0 Å². The summed E-state index contributed by atoms with van der Waals surface area (Å²) in [4.78, 5) is 14.2. The van der Waals surface area contributed by atoms with Gasteiger partial charge in [0.25, 0.3) is 0 Å². The van der Waals surface area contributed by atoms with Gasteiger partial charge in [0, 0.05) is 24.8 Å². The molecule has 2 rings (SSSR count). The van der Waals surface area contributed by atoms with E-state index in [0.29, 0.717) is 5.69 Å². The van der Waals surface area contributed by atoms with Crippen LogP contribution in [0.4, 0.5) is 11.4 Å². The van der Waals surface area contributed by atoms with Gasteiger partial charge >= 0.3 is 5.97 Å². The second-order valence-electron chi connectivity index (χ2n) is 6.54. The van der Waals surface area contributed by atoms with Gasteiger partial charge in [-0.25, -0.2) is 0 Å². The fourth-order valence-electron chi connectivity index (χ4n) is 2.49. The number of aromatic hydroxyl groups is 1. The number of nitrogen functional groups attached to an aromatic ring is 1. The molecule has 23 heavy (non-hydrogen) atoms. The van der Waals surface area contributed by atoms with E-state index in [1.54, 1.807) is 12.1 Å². The normalized spacial score (nSPS) is 15.6. The molecule has 1 saturated heterocycles. The fourth-order valence-corrected chi connectivity index (χ4v) is 2.49. The summed E-state index contributed by atoms with van der Waals surface area (Å²) < 4.78 is 5.44. The molecule has 0 atom stereocenters. The number of anilines is 2. The SMILES string of the molecule is CC.CC(C)(C)OC(=O)C1CCN(c2ccc(N)c(O)c2)CC1. The number of carbonyl (C=O) groups excluding carboxylic acids is 1. The molecular weight excluding hydrogens is 292 g/mol. The molecule has 0 aromatic heterocycles. The van der Waals surface area contributed by atoms with Gasteiger partial charge in [-0.1, -0.05) is 13.8 Å². The number of hydrogen-bond donors (Lipinski definition) is 2. The lowest BCUT2D eigenvalue weighted by Gasteiger charge is -2.34. The zero-order valence-electron chi connectivity index (χ0n) is 14.9. The van der Waals surface area contributed by atoms with E-state index < -0.39 is 5.60 Å². The Kier molecular flexibility index (Phi) is 6.73. The summed E-state index contributed by atoms with van der Waals surface area (Å²) >= 11 is 0. The maximum atomic E-state index is 12.1. The van der Waals surface area contributed by atoms with Crippen molar-refractivity contribution < 1.29 is 14.6 Å². The zero-order chi connectivity index (χ0) is 17.6. The number of benzene rings is 1.